The van der Waals surface area contributed by atoms with Crippen molar-refractivity contribution in [2.24, 2.45) is 5.92 Å². The van der Waals surface area contributed by atoms with E-state index >= 15 is 0 Å². The van der Waals surface area contributed by atoms with Gasteiger partial charge in [-0.15, -0.1) is 0 Å². The summed E-state index contributed by atoms with van der Waals surface area (Å²) in [6.45, 7) is 3.77. The summed E-state index contributed by atoms with van der Waals surface area (Å²) in [6.07, 6.45) is 1.24. The Bertz CT molecular complexity index is 395. The van der Waals surface area contributed by atoms with Crippen LogP contribution in [0.2, 0.25) is 0 Å². The van der Waals surface area contributed by atoms with E-state index in [1.165, 1.54) is 0 Å². The lowest BCUT2D eigenvalue weighted by molar-refractivity contribution is 0.00559. The van der Waals surface area contributed by atoms with Crippen LogP contribution >= 0.6 is 0 Å². The summed E-state index contributed by atoms with van der Waals surface area (Å²) < 4.78 is 30.8. The standard InChI is InChI=1S/C11H17F2N3O2/c1-7(17)8-3-5-16(6-4-8)10-14-9(15-18-10)11(2,12)13/h7-8,17H,3-6H2,1-2H3. The Hall–Kier alpha value is -1.24. The molecule has 0 aliphatic carbocycles. The van der Waals surface area contributed by atoms with Crippen LogP contribution in [-0.4, -0.2) is 34.4 Å². The third kappa shape index (κ3) is 2.77. The summed E-state index contributed by atoms with van der Waals surface area (Å²) in [7, 11) is 0. The maximum absolute atomic E-state index is 13.0. The second-order valence-corrected chi connectivity index (χ2v) is 4.85. The highest BCUT2D eigenvalue weighted by molar-refractivity contribution is 5.26. The Balaban J connectivity index is 2.00. The van der Waals surface area contributed by atoms with Crippen LogP contribution in [0.25, 0.3) is 0 Å². The smallest absolute Gasteiger partial charge is 0.324 e. The number of alkyl halides is 2. The van der Waals surface area contributed by atoms with Gasteiger partial charge in [-0.2, -0.15) is 13.8 Å². The van der Waals surface area contributed by atoms with Gasteiger partial charge in [-0.3, -0.25) is 0 Å². The highest BCUT2D eigenvalue weighted by Crippen LogP contribution is 2.28. The Morgan fingerprint density at radius 2 is 2.06 bits per heavy atom. The normalized spacial score (nSPS) is 20.2. The monoisotopic (exact) mass is 261 g/mol. The third-order valence-corrected chi connectivity index (χ3v) is 3.30. The molecule has 0 aromatic carbocycles. The number of halogens is 2. The van der Waals surface area contributed by atoms with E-state index in [1.54, 1.807) is 11.8 Å². The first-order valence-electron chi connectivity index (χ1n) is 6.03. The van der Waals surface area contributed by atoms with Crippen LogP contribution in [0.5, 0.6) is 0 Å². The van der Waals surface area contributed by atoms with Crippen molar-refractivity contribution in [3.8, 4) is 0 Å². The second-order valence-electron chi connectivity index (χ2n) is 4.85. The van der Waals surface area contributed by atoms with Gasteiger partial charge in [0.15, 0.2) is 0 Å². The lowest BCUT2D eigenvalue weighted by Crippen LogP contribution is -2.37. The van der Waals surface area contributed by atoms with Gasteiger partial charge in [0.05, 0.1) is 6.10 Å². The molecule has 1 aromatic rings. The molecule has 1 aliphatic heterocycles. The molecule has 2 heterocycles. The first kappa shape index (κ1) is 13.2. The molecule has 1 unspecified atom stereocenters. The zero-order valence-corrected chi connectivity index (χ0v) is 10.4. The Morgan fingerprint density at radius 3 is 2.50 bits per heavy atom. The van der Waals surface area contributed by atoms with Crippen molar-refractivity contribution in [1.82, 2.24) is 10.1 Å². The van der Waals surface area contributed by atoms with Crippen LogP contribution in [0.3, 0.4) is 0 Å². The van der Waals surface area contributed by atoms with Gasteiger partial charge < -0.3 is 14.5 Å². The summed E-state index contributed by atoms with van der Waals surface area (Å²) in [4.78, 5) is 5.49. The number of rotatable bonds is 3. The Labute approximate surface area is 104 Å². The molecule has 7 heteroatoms. The summed E-state index contributed by atoms with van der Waals surface area (Å²) >= 11 is 0. The van der Waals surface area contributed by atoms with Gasteiger partial charge in [0.2, 0.25) is 5.82 Å². The van der Waals surface area contributed by atoms with Crippen molar-refractivity contribution in [3.05, 3.63) is 5.82 Å². The number of aliphatic hydroxyl groups is 1. The van der Waals surface area contributed by atoms with Crippen molar-refractivity contribution < 1.29 is 18.4 Å². The number of nitrogens with zero attached hydrogens (tertiary/aromatic N) is 3. The number of aliphatic hydroxyl groups excluding tert-OH is 1. The Morgan fingerprint density at radius 1 is 1.44 bits per heavy atom. The number of aromatic nitrogens is 2. The minimum atomic E-state index is -3.08. The third-order valence-electron chi connectivity index (χ3n) is 3.30. The number of hydrogen-bond acceptors (Lipinski definition) is 5. The average Bonchev–Trinajstić information content (AvgIpc) is 2.78. The van der Waals surface area contributed by atoms with Gasteiger partial charge in [-0.25, -0.2) is 0 Å². The van der Waals surface area contributed by atoms with Crippen LogP contribution < -0.4 is 4.90 Å². The molecule has 0 bridgehead atoms. The first-order valence-corrected chi connectivity index (χ1v) is 6.03. The van der Waals surface area contributed by atoms with E-state index in [-0.39, 0.29) is 18.0 Å². The van der Waals surface area contributed by atoms with Gasteiger partial charge in [0, 0.05) is 20.0 Å². The molecule has 0 amide bonds. The molecule has 1 aromatic heterocycles. The summed E-state index contributed by atoms with van der Waals surface area (Å²) in [5, 5.41) is 12.8. The first-order chi connectivity index (χ1) is 8.38. The largest absolute Gasteiger partial charge is 0.393 e. The van der Waals surface area contributed by atoms with Gasteiger partial charge >= 0.3 is 11.9 Å². The topological polar surface area (TPSA) is 62.4 Å². The zero-order chi connectivity index (χ0) is 13.3. The summed E-state index contributed by atoms with van der Waals surface area (Å²) in [5.41, 5.74) is 0. The lowest BCUT2D eigenvalue weighted by Gasteiger charge is -2.31. The summed E-state index contributed by atoms with van der Waals surface area (Å²) in [6, 6.07) is 0.135. The fourth-order valence-electron chi connectivity index (χ4n) is 2.10. The maximum Gasteiger partial charge on any atom is 0.324 e. The van der Waals surface area contributed by atoms with Gasteiger partial charge in [0.25, 0.3) is 0 Å². The number of piperidine rings is 1. The molecule has 0 radical (unpaired) electrons. The molecule has 2 rings (SSSR count). The molecule has 1 aliphatic rings. The molecule has 0 spiro atoms. The average molecular weight is 261 g/mol. The molecule has 1 saturated heterocycles. The predicted octanol–water partition coefficient (Wildman–Crippen LogP) is 1.78. The van der Waals surface area contributed by atoms with Crippen LogP contribution in [-0.2, 0) is 5.92 Å². The fraction of sp³-hybridized carbons (Fsp3) is 0.818. The minimum absolute atomic E-state index is 0.135. The minimum Gasteiger partial charge on any atom is -0.393 e. The van der Waals surface area contributed by atoms with Crippen molar-refractivity contribution in [3.63, 3.8) is 0 Å². The predicted molar refractivity (Wildman–Crippen MR) is 60.5 cm³/mol. The Kier molecular flexibility index (Phi) is 3.52. The van der Waals surface area contributed by atoms with E-state index in [0.29, 0.717) is 13.1 Å². The molecular weight excluding hydrogens is 244 g/mol. The fourth-order valence-corrected chi connectivity index (χ4v) is 2.10. The van der Waals surface area contributed by atoms with Crippen molar-refractivity contribution in [2.45, 2.75) is 38.7 Å². The van der Waals surface area contributed by atoms with Crippen molar-refractivity contribution in [1.29, 1.82) is 0 Å². The van der Waals surface area contributed by atoms with E-state index in [2.05, 4.69) is 10.1 Å². The molecule has 0 saturated carbocycles. The second kappa shape index (κ2) is 4.79. The van der Waals surface area contributed by atoms with Crippen LogP contribution in [0.1, 0.15) is 32.5 Å². The lowest BCUT2D eigenvalue weighted by atomic mass is 9.92. The van der Waals surface area contributed by atoms with E-state index in [9.17, 15) is 13.9 Å². The van der Waals surface area contributed by atoms with Gasteiger partial charge in [-0.05, 0) is 25.7 Å². The molecule has 18 heavy (non-hydrogen) atoms. The van der Waals surface area contributed by atoms with E-state index in [0.717, 1.165) is 19.8 Å². The van der Waals surface area contributed by atoms with Gasteiger partial charge in [-0.1, -0.05) is 5.16 Å². The number of anilines is 1. The van der Waals surface area contributed by atoms with Crippen LogP contribution in [0.4, 0.5) is 14.8 Å². The molecule has 1 atom stereocenters. The van der Waals surface area contributed by atoms with E-state index < -0.39 is 11.7 Å². The maximum atomic E-state index is 13.0. The van der Waals surface area contributed by atoms with E-state index in [4.69, 9.17) is 4.52 Å². The molecule has 102 valence electrons. The number of hydrogen-bond donors (Lipinski definition) is 1. The highest BCUT2D eigenvalue weighted by atomic mass is 19.3. The SMILES string of the molecule is CC(O)C1CCN(c2nc(C(C)(F)F)no2)CC1. The highest BCUT2D eigenvalue weighted by Gasteiger charge is 2.33. The summed E-state index contributed by atoms with van der Waals surface area (Å²) in [5.74, 6) is -3.42. The zero-order valence-electron chi connectivity index (χ0n) is 10.4. The molecule has 1 N–H and O–H groups in total. The quantitative estimate of drug-likeness (QED) is 0.898. The van der Waals surface area contributed by atoms with Crippen molar-refractivity contribution >= 4 is 6.01 Å². The van der Waals surface area contributed by atoms with Crippen LogP contribution in [0, 0.1) is 5.92 Å². The molecular formula is C11H17F2N3O2. The van der Waals surface area contributed by atoms with Crippen molar-refractivity contribution in [2.75, 3.05) is 18.0 Å². The van der Waals surface area contributed by atoms with Crippen LogP contribution in [0.15, 0.2) is 4.52 Å². The van der Waals surface area contributed by atoms with E-state index in [1.807, 2.05) is 0 Å². The molecule has 1 fully saturated rings. The molecule has 5 nitrogen and oxygen atoms in total. The van der Waals surface area contributed by atoms with Gasteiger partial charge in [0.1, 0.15) is 0 Å².